The van der Waals surface area contributed by atoms with Crippen LogP contribution in [0, 0.1) is 0 Å². The molecule has 16 heavy (non-hydrogen) atoms. The normalized spacial score (nSPS) is 19.5. The third-order valence-corrected chi connectivity index (χ3v) is 3.00. The van der Waals surface area contributed by atoms with Gasteiger partial charge in [0, 0.05) is 19.3 Å². The molecule has 1 N–H and O–H groups in total. The van der Waals surface area contributed by atoms with Gasteiger partial charge in [0.15, 0.2) is 0 Å². The number of hydrogen-bond acceptors (Lipinski definition) is 4. The molecule has 0 aliphatic carbocycles. The van der Waals surface area contributed by atoms with Gasteiger partial charge in [0.25, 0.3) is 5.91 Å². The van der Waals surface area contributed by atoms with Gasteiger partial charge in [-0.05, 0) is 6.07 Å². The Kier molecular flexibility index (Phi) is 2.25. The van der Waals surface area contributed by atoms with Crippen LogP contribution in [0.2, 0.25) is 0 Å². The maximum Gasteiger partial charge on any atom is 0.255 e. The number of fused-ring (bicyclic) bond motifs is 1. The van der Waals surface area contributed by atoms with Crippen molar-refractivity contribution >= 4 is 11.6 Å². The number of pyridine rings is 1. The van der Waals surface area contributed by atoms with Gasteiger partial charge in [-0.15, -0.1) is 0 Å². The van der Waals surface area contributed by atoms with E-state index in [0.717, 1.165) is 43.2 Å². The molecule has 0 bridgehead atoms. The Labute approximate surface area is 93.4 Å². The van der Waals surface area contributed by atoms with Crippen LogP contribution in [-0.2, 0) is 11.3 Å². The zero-order chi connectivity index (χ0) is 11.0. The van der Waals surface area contributed by atoms with E-state index in [2.05, 4.69) is 15.2 Å². The number of carbonyl (C=O) groups is 1. The fourth-order valence-corrected chi connectivity index (χ4v) is 2.20. The standard InChI is InChI=1S/C11H13N3O2/c15-11-10-8(7-13-11)12-2-1-9(10)14-3-5-16-6-4-14/h1-2H,3-7H2,(H,13,15). The highest BCUT2D eigenvalue weighted by Gasteiger charge is 2.26. The zero-order valence-corrected chi connectivity index (χ0v) is 8.90. The van der Waals surface area contributed by atoms with Crippen LogP contribution in [0.15, 0.2) is 12.3 Å². The summed E-state index contributed by atoms with van der Waals surface area (Å²) < 4.78 is 5.31. The van der Waals surface area contributed by atoms with E-state index in [-0.39, 0.29) is 5.91 Å². The molecule has 0 atom stereocenters. The Balaban J connectivity index is 2.00. The summed E-state index contributed by atoms with van der Waals surface area (Å²) in [5.41, 5.74) is 2.58. The fourth-order valence-electron chi connectivity index (χ4n) is 2.20. The molecule has 1 amide bonds. The second-order valence-corrected chi connectivity index (χ2v) is 3.93. The van der Waals surface area contributed by atoms with Crippen molar-refractivity contribution in [2.45, 2.75) is 6.54 Å². The van der Waals surface area contributed by atoms with Crippen molar-refractivity contribution in [1.82, 2.24) is 10.3 Å². The van der Waals surface area contributed by atoms with Crippen LogP contribution < -0.4 is 10.2 Å². The summed E-state index contributed by atoms with van der Waals surface area (Å²) in [5.74, 6) is -0.00964. The molecule has 0 aromatic carbocycles. The van der Waals surface area contributed by atoms with Gasteiger partial charge < -0.3 is 15.0 Å². The largest absolute Gasteiger partial charge is 0.378 e. The van der Waals surface area contributed by atoms with E-state index in [1.807, 2.05) is 6.07 Å². The summed E-state index contributed by atoms with van der Waals surface area (Å²) in [6, 6.07) is 1.91. The number of carbonyl (C=O) groups excluding carboxylic acids is 1. The molecule has 1 aromatic rings. The van der Waals surface area contributed by atoms with Crippen molar-refractivity contribution < 1.29 is 9.53 Å². The first-order valence-electron chi connectivity index (χ1n) is 5.45. The number of nitrogens with zero attached hydrogens (tertiary/aromatic N) is 2. The number of anilines is 1. The van der Waals surface area contributed by atoms with Crippen molar-refractivity contribution in [2.24, 2.45) is 0 Å². The molecule has 5 heteroatoms. The maximum absolute atomic E-state index is 11.7. The highest BCUT2D eigenvalue weighted by Crippen LogP contribution is 2.26. The quantitative estimate of drug-likeness (QED) is 0.731. The third kappa shape index (κ3) is 1.44. The van der Waals surface area contributed by atoms with Gasteiger partial charge in [-0.3, -0.25) is 9.78 Å². The van der Waals surface area contributed by atoms with E-state index in [4.69, 9.17) is 4.74 Å². The van der Waals surface area contributed by atoms with Crippen molar-refractivity contribution in [3.05, 3.63) is 23.5 Å². The second-order valence-electron chi connectivity index (χ2n) is 3.93. The first-order valence-corrected chi connectivity index (χ1v) is 5.45. The monoisotopic (exact) mass is 219 g/mol. The van der Waals surface area contributed by atoms with E-state index >= 15 is 0 Å². The molecule has 3 heterocycles. The number of nitrogens with one attached hydrogen (secondary N) is 1. The van der Waals surface area contributed by atoms with Gasteiger partial charge in [-0.2, -0.15) is 0 Å². The van der Waals surface area contributed by atoms with Crippen LogP contribution in [0.3, 0.4) is 0 Å². The first-order chi connectivity index (χ1) is 7.86. The molecule has 2 aliphatic heterocycles. The number of aromatic nitrogens is 1. The SMILES string of the molecule is O=C1NCc2nccc(N3CCOCC3)c21. The minimum atomic E-state index is -0.00964. The Hall–Kier alpha value is -1.62. The summed E-state index contributed by atoms with van der Waals surface area (Å²) in [7, 11) is 0. The molecular formula is C11H13N3O2. The lowest BCUT2D eigenvalue weighted by atomic mass is 10.1. The molecule has 1 aromatic heterocycles. The molecular weight excluding hydrogens is 206 g/mol. The smallest absolute Gasteiger partial charge is 0.255 e. The minimum absolute atomic E-state index is 0.00964. The summed E-state index contributed by atoms with van der Waals surface area (Å²) in [6.45, 7) is 3.66. The Morgan fingerprint density at radius 3 is 3.00 bits per heavy atom. The van der Waals surface area contributed by atoms with Crippen LogP contribution in [-0.4, -0.2) is 37.2 Å². The third-order valence-electron chi connectivity index (χ3n) is 3.00. The lowest BCUT2D eigenvalue weighted by Gasteiger charge is -2.29. The van der Waals surface area contributed by atoms with Crippen molar-refractivity contribution in [2.75, 3.05) is 31.2 Å². The topological polar surface area (TPSA) is 54.5 Å². The summed E-state index contributed by atoms with van der Waals surface area (Å²) in [4.78, 5) is 18.1. The zero-order valence-electron chi connectivity index (χ0n) is 8.90. The van der Waals surface area contributed by atoms with Crippen LogP contribution in [0.5, 0.6) is 0 Å². The Morgan fingerprint density at radius 1 is 1.38 bits per heavy atom. The molecule has 1 saturated heterocycles. The summed E-state index contributed by atoms with van der Waals surface area (Å²) in [6.07, 6.45) is 1.77. The number of rotatable bonds is 1. The van der Waals surface area contributed by atoms with E-state index < -0.39 is 0 Å². The highest BCUT2D eigenvalue weighted by atomic mass is 16.5. The molecule has 2 aliphatic rings. The summed E-state index contributed by atoms with van der Waals surface area (Å²) >= 11 is 0. The van der Waals surface area contributed by atoms with Crippen LogP contribution in [0.1, 0.15) is 16.1 Å². The van der Waals surface area contributed by atoms with E-state index in [1.54, 1.807) is 6.20 Å². The molecule has 84 valence electrons. The number of hydrogen-bond donors (Lipinski definition) is 1. The van der Waals surface area contributed by atoms with Crippen LogP contribution in [0.4, 0.5) is 5.69 Å². The van der Waals surface area contributed by atoms with Crippen LogP contribution >= 0.6 is 0 Å². The Morgan fingerprint density at radius 2 is 2.19 bits per heavy atom. The van der Waals surface area contributed by atoms with Gasteiger partial charge in [-0.1, -0.05) is 0 Å². The average molecular weight is 219 g/mol. The predicted octanol–water partition coefficient (Wildman–Crippen LogP) is 0.162. The van der Waals surface area contributed by atoms with E-state index in [1.165, 1.54) is 0 Å². The second kappa shape index (κ2) is 3.75. The summed E-state index contributed by atoms with van der Waals surface area (Å²) in [5, 5.41) is 2.81. The lowest BCUT2D eigenvalue weighted by molar-refractivity contribution is 0.0964. The van der Waals surface area contributed by atoms with E-state index in [0.29, 0.717) is 6.54 Å². The fraction of sp³-hybridized carbons (Fsp3) is 0.455. The first kappa shape index (κ1) is 9.59. The van der Waals surface area contributed by atoms with Gasteiger partial charge >= 0.3 is 0 Å². The molecule has 0 unspecified atom stereocenters. The molecule has 5 nitrogen and oxygen atoms in total. The highest BCUT2D eigenvalue weighted by molar-refractivity contribution is 6.03. The van der Waals surface area contributed by atoms with E-state index in [9.17, 15) is 4.79 Å². The molecule has 0 saturated carbocycles. The lowest BCUT2D eigenvalue weighted by Crippen LogP contribution is -2.37. The van der Waals surface area contributed by atoms with Crippen LogP contribution in [0.25, 0.3) is 0 Å². The molecule has 0 radical (unpaired) electrons. The van der Waals surface area contributed by atoms with Gasteiger partial charge in [-0.25, -0.2) is 0 Å². The van der Waals surface area contributed by atoms with Crippen molar-refractivity contribution in [1.29, 1.82) is 0 Å². The number of morpholine rings is 1. The maximum atomic E-state index is 11.7. The van der Waals surface area contributed by atoms with Gasteiger partial charge in [0.1, 0.15) is 0 Å². The Bertz CT molecular complexity index is 427. The predicted molar refractivity (Wildman–Crippen MR) is 58.4 cm³/mol. The van der Waals surface area contributed by atoms with Crippen molar-refractivity contribution in [3.63, 3.8) is 0 Å². The molecule has 1 fully saturated rings. The average Bonchev–Trinajstić information content (AvgIpc) is 2.73. The van der Waals surface area contributed by atoms with Gasteiger partial charge in [0.05, 0.1) is 36.7 Å². The number of ether oxygens (including phenoxy) is 1. The van der Waals surface area contributed by atoms with Gasteiger partial charge in [0.2, 0.25) is 0 Å². The molecule has 3 rings (SSSR count). The molecule has 0 spiro atoms. The minimum Gasteiger partial charge on any atom is -0.378 e. The van der Waals surface area contributed by atoms with Crippen molar-refractivity contribution in [3.8, 4) is 0 Å². The number of amides is 1.